The Hall–Kier alpha value is -3.66. The molecule has 146 valence electrons. The summed E-state index contributed by atoms with van der Waals surface area (Å²) < 4.78 is 0. The van der Waals surface area contributed by atoms with Crippen molar-refractivity contribution in [1.82, 2.24) is 9.97 Å². The monoisotopic (exact) mass is 408 g/mol. The maximum absolute atomic E-state index is 11.6. The molecule has 2 heterocycles. The van der Waals surface area contributed by atoms with Crippen LogP contribution in [0.2, 0.25) is 0 Å². The van der Waals surface area contributed by atoms with Crippen molar-refractivity contribution in [3.05, 3.63) is 79.6 Å². The summed E-state index contributed by atoms with van der Waals surface area (Å²) in [6.45, 7) is 3.43. The number of fused-ring (bicyclic) bond motifs is 2. The molecular weight excluding hydrogens is 392 g/mol. The predicted octanol–water partition coefficient (Wildman–Crippen LogP) is 3.56. The number of nitro groups is 1. The number of hydrogen-bond donors (Lipinski definition) is 3. The third-order valence-electron chi connectivity index (χ3n) is 4.42. The molecule has 0 amide bonds. The van der Waals surface area contributed by atoms with Crippen molar-refractivity contribution >= 4 is 47.1 Å². The van der Waals surface area contributed by atoms with E-state index in [2.05, 4.69) is 32.0 Å². The summed E-state index contributed by atoms with van der Waals surface area (Å²) in [5.74, 6) is 1.85. The van der Waals surface area contributed by atoms with Gasteiger partial charge in [-0.25, -0.2) is 14.8 Å². The fourth-order valence-corrected chi connectivity index (χ4v) is 4.09. The number of aromatic amines is 2. The molecular formula is C19H16N6O3S. The number of benzene rings is 2. The summed E-state index contributed by atoms with van der Waals surface area (Å²) in [7, 11) is 0. The van der Waals surface area contributed by atoms with Gasteiger partial charge in [0.25, 0.3) is 0 Å². The van der Waals surface area contributed by atoms with Crippen LogP contribution in [0, 0.1) is 10.1 Å². The van der Waals surface area contributed by atoms with Gasteiger partial charge in [0.1, 0.15) is 6.21 Å². The third kappa shape index (κ3) is 3.97. The van der Waals surface area contributed by atoms with E-state index in [1.807, 2.05) is 30.0 Å². The minimum Gasteiger partial charge on any atom is -0.334 e. The Kier molecular flexibility index (Phi) is 5.00. The number of aromatic nitrogens is 2. The normalized spacial score (nSPS) is 14.1. The van der Waals surface area contributed by atoms with Gasteiger partial charge in [0.15, 0.2) is 0 Å². The van der Waals surface area contributed by atoms with Crippen LogP contribution in [-0.2, 0) is 11.5 Å². The first-order chi connectivity index (χ1) is 14.0. The summed E-state index contributed by atoms with van der Waals surface area (Å²) in [4.78, 5) is 35.7. The fraction of sp³-hybridized carbons (Fsp3) is 0.105. The molecule has 1 aliphatic rings. The second-order valence-corrected chi connectivity index (χ2v) is 7.30. The predicted molar refractivity (Wildman–Crippen MR) is 116 cm³/mol. The standard InChI is InChI=1S/C19H16N6O3S/c1-20-18(22-14-4-5-15-16(7-14)24-19(26)23-15)17(25(27)28)8-21-13-3-2-11-9-29-10-12(11)6-13/h2-8,22H,1,9-10H2,(H2,23,24,26)/b18-17-,21-8?. The lowest BCUT2D eigenvalue weighted by Gasteiger charge is -2.06. The van der Waals surface area contributed by atoms with Crippen molar-refractivity contribution in [2.75, 3.05) is 5.32 Å². The van der Waals surface area contributed by atoms with Crippen molar-refractivity contribution < 1.29 is 4.92 Å². The molecule has 0 atom stereocenters. The summed E-state index contributed by atoms with van der Waals surface area (Å²) in [5, 5.41) is 14.5. The largest absolute Gasteiger partial charge is 0.334 e. The molecule has 0 fully saturated rings. The molecule has 1 aromatic heterocycles. The Morgan fingerprint density at radius 1 is 1.17 bits per heavy atom. The summed E-state index contributed by atoms with van der Waals surface area (Å²) in [5.41, 5.74) is 4.16. The lowest BCUT2D eigenvalue weighted by molar-refractivity contribution is -0.415. The number of nitrogens with zero attached hydrogens (tertiary/aromatic N) is 3. The van der Waals surface area contributed by atoms with Gasteiger partial charge in [0.05, 0.1) is 21.6 Å². The van der Waals surface area contributed by atoms with Crippen molar-refractivity contribution in [1.29, 1.82) is 0 Å². The number of aliphatic imine (C=N–C) groups is 2. The highest BCUT2D eigenvalue weighted by atomic mass is 32.2. The van der Waals surface area contributed by atoms with Crippen LogP contribution < -0.4 is 11.0 Å². The molecule has 3 N–H and O–H groups in total. The van der Waals surface area contributed by atoms with Crippen LogP contribution in [0.1, 0.15) is 11.1 Å². The summed E-state index contributed by atoms with van der Waals surface area (Å²) in [6.07, 6.45) is 1.16. The van der Waals surface area contributed by atoms with Crippen LogP contribution in [0.3, 0.4) is 0 Å². The molecule has 0 aliphatic carbocycles. The van der Waals surface area contributed by atoms with Gasteiger partial charge in [-0.05, 0) is 48.2 Å². The van der Waals surface area contributed by atoms with Gasteiger partial charge in [-0.3, -0.25) is 10.1 Å². The van der Waals surface area contributed by atoms with Crippen molar-refractivity contribution in [2.24, 2.45) is 9.98 Å². The van der Waals surface area contributed by atoms with Gasteiger partial charge >= 0.3 is 11.4 Å². The summed E-state index contributed by atoms with van der Waals surface area (Å²) >= 11 is 1.83. The topological polar surface area (TPSA) is 129 Å². The number of hydrogen-bond acceptors (Lipinski definition) is 7. The van der Waals surface area contributed by atoms with E-state index in [0.29, 0.717) is 22.4 Å². The van der Waals surface area contributed by atoms with E-state index in [0.717, 1.165) is 17.7 Å². The van der Waals surface area contributed by atoms with Crippen LogP contribution in [0.15, 0.2) is 62.7 Å². The average Bonchev–Trinajstić information content (AvgIpc) is 3.31. The third-order valence-corrected chi connectivity index (χ3v) is 5.45. The van der Waals surface area contributed by atoms with E-state index in [1.165, 1.54) is 11.1 Å². The Bertz CT molecular complexity index is 1240. The molecule has 2 aromatic carbocycles. The first-order valence-corrected chi connectivity index (χ1v) is 9.77. The van der Waals surface area contributed by atoms with Gasteiger partial charge in [0, 0.05) is 17.2 Å². The van der Waals surface area contributed by atoms with Gasteiger partial charge in [-0.2, -0.15) is 11.8 Å². The maximum atomic E-state index is 11.6. The SMILES string of the molecule is C=N/C(Nc1ccc2[nH]c(=O)[nH]c2c1)=C(\C=Nc1ccc2c(c1)CSC2)[N+](=O)[O-]. The van der Waals surface area contributed by atoms with E-state index in [9.17, 15) is 14.9 Å². The molecule has 0 saturated heterocycles. The zero-order valence-electron chi connectivity index (χ0n) is 15.1. The van der Waals surface area contributed by atoms with E-state index in [4.69, 9.17) is 0 Å². The van der Waals surface area contributed by atoms with Crippen LogP contribution in [0.25, 0.3) is 11.0 Å². The number of rotatable bonds is 6. The van der Waals surface area contributed by atoms with E-state index in [-0.39, 0.29) is 17.2 Å². The van der Waals surface area contributed by atoms with Crippen molar-refractivity contribution in [3.63, 3.8) is 0 Å². The molecule has 1 aliphatic heterocycles. The van der Waals surface area contributed by atoms with Crippen LogP contribution >= 0.6 is 11.8 Å². The van der Waals surface area contributed by atoms with Gasteiger partial charge < -0.3 is 15.3 Å². The smallest absolute Gasteiger partial charge is 0.329 e. The maximum Gasteiger partial charge on any atom is 0.329 e. The van der Waals surface area contributed by atoms with Crippen molar-refractivity contribution in [2.45, 2.75) is 11.5 Å². The molecule has 29 heavy (non-hydrogen) atoms. The minimum absolute atomic E-state index is 0.0484. The molecule has 9 nitrogen and oxygen atoms in total. The van der Waals surface area contributed by atoms with Gasteiger partial charge in [0.2, 0.25) is 5.82 Å². The van der Waals surface area contributed by atoms with E-state index < -0.39 is 4.92 Å². The number of anilines is 1. The Morgan fingerprint density at radius 3 is 2.76 bits per heavy atom. The Balaban J connectivity index is 1.65. The lowest BCUT2D eigenvalue weighted by atomic mass is 10.1. The van der Waals surface area contributed by atoms with Crippen LogP contribution in [-0.4, -0.2) is 27.8 Å². The van der Waals surface area contributed by atoms with E-state index in [1.54, 1.807) is 18.2 Å². The van der Waals surface area contributed by atoms with Crippen LogP contribution in [0.4, 0.5) is 11.4 Å². The molecule has 0 spiro atoms. The zero-order valence-corrected chi connectivity index (χ0v) is 16.0. The molecule has 0 unspecified atom stereocenters. The number of nitrogens with one attached hydrogen (secondary N) is 3. The van der Waals surface area contributed by atoms with Crippen LogP contribution in [0.5, 0.6) is 0 Å². The number of imidazole rings is 1. The minimum atomic E-state index is -0.569. The second kappa shape index (κ2) is 7.76. The van der Waals surface area contributed by atoms with Gasteiger partial charge in [-0.1, -0.05) is 6.07 Å². The van der Waals surface area contributed by atoms with Crippen molar-refractivity contribution in [3.8, 4) is 0 Å². The average molecular weight is 408 g/mol. The molecule has 0 radical (unpaired) electrons. The zero-order chi connectivity index (χ0) is 20.4. The second-order valence-electron chi connectivity index (χ2n) is 6.32. The fourth-order valence-electron chi connectivity index (χ4n) is 3.00. The number of allylic oxidation sites excluding steroid dienone is 1. The van der Waals surface area contributed by atoms with E-state index >= 15 is 0 Å². The number of H-pyrrole nitrogens is 2. The molecule has 0 saturated carbocycles. The molecule has 3 aromatic rings. The molecule has 4 rings (SSSR count). The highest BCUT2D eigenvalue weighted by molar-refractivity contribution is 7.98. The van der Waals surface area contributed by atoms with Gasteiger partial charge in [-0.15, -0.1) is 0 Å². The highest BCUT2D eigenvalue weighted by Crippen LogP contribution is 2.32. The highest BCUT2D eigenvalue weighted by Gasteiger charge is 2.17. The lowest BCUT2D eigenvalue weighted by Crippen LogP contribution is -2.09. The quantitative estimate of drug-likeness (QED) is 0.326. The Labute approximate surface area is 168 Å². The molecule has 10 heteroatoms. The first kappa shape index (κ1) is 18.7. The molecule has 0 bridgehead atoms. The Morgan fingerprint density at radius 2 is 1.97 bits per heavy atom. The summed E-state index contributed by atoms with van der Waals surface area (Å²) in [6, 6.07) is 10.8. The first-order valence-electron chi connectivity index (χ1n) is 8.61. The number of thioether (sulfide) groups is 1.